The molecular weight excluding hydrogens is 368 g/mol. The molecule has 2 aromatic rings. The van der Waals surface area contributed by atoms with E-state index < -0.39 is 11.8 Å². The molecule has 0 aromatic heterocycles. The van der Waals surface area contributed by atoms with Crippen LogP contribution in [0.4, 0.5) is 11.4 Å². The average molecular weight is 382 g/mol. The Morgan fingerprint density at radius 1 is 1.05 bits per heavy atom. The zero-order valence-corrected chi connectivity index (χ0v) is 14.4. The fourth-order valence-corrected chi connectivity index (χ4v) is 2.77. The van der Waals surface area contributed by atoms with Crippen LogP contribution < -0.4 is 10.6 Å². The summed E-state index contributed by atoms with van der Waals surface area (Å²) < 4.78 is 0.808. The van der Waals surface area contributed by atoms with Crippen LogP contribution in [0.5, 0.6) is 0 Å². The van der Waals surface area contributed by atoms with Crippen LogP contribution in [0.3, 0.4) is 0 Å². The lowest BCUT2D eigenvalue weighted by atomic mass is 10.1. The van der Waals surface area contributed by atoms with Crippen molar-refractivity contribution in [2.75, 3.05) is 10.6 Å². The molecule has 2 aromatic carbocycles. The van der Waals surface area contributed by atoms with E-state index in [1.54, 1.807) is 24.3 Å². The first-order valence-electron chi connectivity index (χ1n) is 6.51. The van der Waals surface area contributed by atoms with Gasteiger partial charge in [0.1, 0.15) is 0 Å². The van der Waals surface area contributed by atoms with Gasteiger partial charge in [-0.05, 0) is 49.2 Å². The molecule has 0 aliphatic carbocycles. The Labute approximate surface area is 142 Å². The molecule has 2 amide bonds. The normalized spacial score (nSPS) is 10.2. The van der Waals surface area contributed by atoms with Crippen molar-refractivity contribution in [2.24, 2.45) is 0 Å². The van der Waals surface area contributed by atoms with Crippen molar-refractivity contribution < 1.29 is 9.59 Å². The molecule has 0 unspecified atom stereocenters. The first-order valence-corrected chi connectivity index (χ1v) is 7.68. The smallest absolute Gasteiger partial charge is 0.314 e. The molecule has 0 fully saturated rings. The van der Waals surface area contributed by atoms with Crippen molar-refractivity contribution in [3.8, 4) is 0 Å². The fourth-order valence-electron chi connectivity index (χ4n) is 2.00. The summed E-state index contributed by atoms with van der Waals surface area (Å²) in [5, 5.41) is 5.48. The van der Waals surface area contributed by atoms with Gasteiger partial charge < -0.3 is 10.6 Å². The molecule has 0 saturated heterocycles. The Balaban J connectivity index is 2.11. The van der Waals surface area contributed by atoms with Gasteiger partial charge in [0.25, 0.3) is 0 Å². The monoisotopic (exact) mass is 380 g/mol. The molecule has 0 aliphatic rings. The number of anilines is 2. The van der Waals surface area contributed by atoms with Crippen LogP contribution in [0.2, 0.25) is 5.02 Å². The van der Waals surface area contributed by atoms with Crippen molar-refractivity contribution in [2.45, 2.75) is 13.8 Å². The molecule has 0 heterocycles. The van der Waals surface area contributed by atoms with E-state index in [2.05, 4.69) is 26.6 Å². The Bertz CT molecular complexity index is 724. The van der Waals surface area contributed by atoms with Crippen molar-refractivity contribution in [3.63, 3.8) is 0 Å². The summed E-state index contributed by atoms with van der Waals surface area (Å²) in [6.45, 7) is 3.73. The van der Waals surface area contributed by atoms with E-state index in [9.17, 15) is 9.59 Å². The topological polar surface area (TPSA) is 58.2 Å². The van der Waals surface area contributed by atoms with Crippen LogP contribution >= 0.6 is 27.5 Å². The number of carbonyl (C=O) groups excluding carboxylic acids is 2. The highest BCUT2D eigenvalue weighted by Gasteiger charge is 2.17. The third kappa shape index (κ3) is 4.08. The summed E-state index contributed by atoms with van der Waals surface area (Å²) in [5.74, 6) is -1.53. The van der Waals surface area contributed by atoms with E-state index >= 15 is 0 Å². The standard InChI is InChI=1S/C16H14BrClN2O2/c1-9-6-10(2)14(13(18)7-9)20-16(22)15(21)19-12-5-3-4-11(17)8-12/h3-8H,1-2H3,(H,19,21)(H,20,22). The van der Waals surface area contributed by atoms with Gasteiger partial charge in [-0.25, -0.2) is 0 Å². The number of benzene rings is 2. The largest absolute Gasteiger partial charge is 0.318 e. The van der Waals surface area contributed by atoms with Crippen LogP contribution in [0.1, 0.15) is 11.1 Å². The van der Waals surface area contributed by atoms with Gasteiger partial charge in [-0.1, -0.05) is 39.7 Å². The molecule has 22 heavy (non-hydrogen) atoms. The van der Waals surface area contributed by atoms with Crippen molar-refractivity contribution >= 4 is 50.7 Å². The van der Waals surface area contributed by atoms with Crippen LogP contribution in [0.25, 0.3) is 0 Å². The Morgan fingerprint density at radius 2 is 1.73 bits per heavy atom. The molecular formula is C16H14BrClN2O2. The predicted molar refractivity (Wildman–Crippen MR) is 92.3 cm³/mol. The van der Waals surface area contributed by atoms with E-state index in [-0.39, 0.29) is 0 Å². The molecule has 114 valence electrons. The van der Waals surface area contributed by atoms with E-state index in [0.29, 0.717) is 16.4 Å². The average Bonchev–Trinajstić information content (AvgIpc) is 2.42. The van der Waals surface area contributed by atoms with Crippen molar-refractivity contribution in [3.05, 3.63) is 57.0 Å². The quantitative estimate of drug-likeness (QED) is 0.762. The third-order valence-corrected chi connectivity index (χ3v) is 3.75. The van der Waals surface area contributed by atoms with Gasteiger partial charge in [0.15, 0.2) is 0 Å². The Morgan fingerprint density at radius 3 is 2.36 bits per heavy atom. The second-order valence-corrected chi connectivity index (χ2v) is 6.18. The van der Waals surface area contributed by atoms with Crippen molar-refractivity contribution in [1.82, 2.24) is 0 Å². The summed E-state index contributed by atoms with van der Waals surface area (Å²) in [6.07, 6.45) is 0. The number of nitrogens with one attached hydrogen (secondary N) is 2. The van der Waals surface area contributed by atoms with E-state index in [1.165, 1.54) is 0 Å². The van der Waals surface area contributed by atoms with Crippen LogP contribution in [-0.4, -0.2) is 11.8 Å². The molecule has 4 nitrogen and oxygen atoms in total. The fraction of sp³-hybridized carbons (Fsp3) is 0.125. The molecule has 0 aliphatic heterocycles. The second-order valence-electron chi connectivity index (χ2n) is 4.86. The van der Waals surface area contributed by atoms with Gasteiger partial charge in [0, 0.05) is 10.2 Å². The Kier molecular flexibility index (Phi) is 5.21. The maximum atomic E-state index is 12.0. The molecule has 2 N–H and O–H groups in total. The summed E-state index contributed by atoms with van der Waals surface area (Å²) in [4.78, 5) is 23.9. The first-order chi connectivity index (χ1) is 10.4. The van der Waals surface area contributed by atoms with Crippen LogP contribution in [0, 0.1) is 13.8 Å². The number of rotatable bonds is 2. The van der Waals surface area contributed by atoms with E-state index in [4.69, 9.17) is 11.6 Å². The van der Waals surface area contributed by atoms with Gasteiger partial charge in [-0.15, -0.1) is 0 Å². The number of amides is 2. The molecule has 0 radical (unpaired) electrons. The SMILES string of the molecule is Cc1cc(C)c(NC(=O)C(=O)Nc2cccc(Br)c2)c(Cl)c1. The number of carbonyl (C=O) groups is 2. The van der Waals surface area contributed by atoms with Gasteiger partial charge in [-0.3, -0.25) is 9.59 Å². The zero-order chi connectivity index (χ0) is 16.3. The summed E-state index contributed by atoms with van der Waals surface area (Å²) in [6, 6.07) is 10.6. The number of aryl methyl sites for hydroxylation is 2. The van der Waals surface area contributed by atoms with Crippen LogP contribution in [0.15, 0.2) is 40.9 Å². The minimum absolute atomic E-state index is 0.404. The van der Waals surface area contributed by atoms with E-state index in [0.717, 1.165) is 15.6 Å². The molecule has 6 heteroatoms. The lowest BCUT2D eigenvalue weighted by Crippen LogP contribution is -2.29. The first kappa shape index (κ1) is 16.5. The summed E-state index contributed by atoms with van der Waals surface area (Å²) in [7, 11) is 0. The predicted octanol–water partition coefficient (Wildman–Crippen LogP) is 4.30. The van der Waals surface area contributed by atoms with E-state index in [1.807, 2.05) is 26.0 Å². The highest BCUT2D eigenvalue weighted by atomic mass is 79.9. The van der Waals surface area contributed by atoms with Gasteiger partial charge in [0.2, 0.25) is 0 Å². The summed E-state index contributed by atoms with van der Waals surface area (Å²) >= 11 is 9.41. The lowest BCUT2D eigenvalue weighted by molar-refractivity contribution is -0.133. The molecule has 0 atom stereocenters. The van der Waals surface area contributed by atoms with Crippen molar-refractivity contribution in [1.29, 1.82) is 0 Å². The minimum Gasteiger partial charge on any atom is -0.318 e. The Hall–Kier alpha value is -1.85. The zero-order valence-electron chi connectivity index (χ0n) is 12.0. The minimum atomic E-state index is -0.770. The lowest BCUT2D eigenvalue weighted by Gasteiger charge is -2.11. The van der Waals surface area contributed by atoms with Gasteiger partial charge >= 0.3 is 11.8 Å². The summed E-state index contributed by atoms with van der Waals surface area (Å²) in [5.41, 5.74) is 2.76. The maximum absolute atomic E-state index is 12.0. The van der Waals surface area contributed by atoms with Gasteiger partial charge in [0.05, 0.1) is 10.7 Å². The van der Waals surface area contributed by atoms with Gasteiger partial charge in [-0.2, -0.15) is 0 Å². The second kappa shape index (κ2) is 6.94. The number of hydrogen-bond acceptors (Lipinski definition) is 2. The molecule has 0 spiro atoms. The number of halogens is 2. The highest BCUT2D eigenvalue weighted by Crippen LogP contribution is 2.27. The number of hydrogen-bond donors (Lipinski definition) is 2. The molecule has 2 rings (SSSR count). The maximum Gasteiger partial charge on any atom is 0.314 e. The third-order valence-electron chi connectivity index (χ3n) is 2.96. The van der Waals surface area contributed by atoms with Crippen LogP contribution in [-0.2, 0) is 9.59 Å². The highest BCUT2D eigenvalue weighted by molar-refractivity contribution is 9.10. The molecule has 0 saturated carbocycles. The molecule has 0 bridgehead atoms.